The summed E-state index contributed by atoms with van der Waals surface area (Å²) in [5.74, 6) is -0.690. The van der Waals surface area contributed by atoms with Crippen molar-refractivity contribution < 1.29 is 23.1 Å². The fraction of sp³-hybridized carbons (Fsp3) is 0.692. The molecule has 118 valence electrons. The Morgan fingerprint density at radius 2 is 2.14 bits per heavy atom. The second kappa shape index (κ2) is 5.01. The largest absolute Gasteiger partial charge is 0.433 e. The Balaban J connectivity index is 2.18. The number of likely N-dealkylation sites (tertiary alicyclic amines) is 1. The lowest BCUT2D eigenvalue weighted by Crippen LogP contribution is -2.50. The molecule has 1 aliphatic rings. The average molecular weight is 305 g/mol. The number of amides is 1. The summed E-state index contributed by atoms with van der Waals surface area (Å²) in [4.78, 5) is 13.7. The van der Waals surface area contributed by atoms with Crippen molar-refractivity contribution in [2.75, 3.05) is 13.1 Å². The van der Waals surface area contributed by atoms with Crippen molar-refractivity contribution in [3.8, 4) is 0 Å². The molecular weight excluding hydrogens is 287 g/mol. The quantitative estimate of drug-likeness (QED) is 0.858. The maximum atomic E-state index is 12.7. The van der Waals surface area contributed by atoms with Crippen LogP contribution in [0.3, 0.4) is 0 Å². The minimum absolute atomic E-state index is 0.152. The van der Waals surface area contributed by atoms with Crippen molar-refractivity contribution in [3.05, 3.63) is 17.5 Å². The molecule has 21 heavy (non-hydrogen) atoms. The van der Waals surface area contributed by atoms with Gasteiger partial charge in [0.2, 0.25) is 0 Å². The van der Waals surface area contributed by atoms with E-state index in [4.69, 9.17) is 0 Å². The van der Waals surface area contributed by atoms with Crippen LogP contribution in [-0.4, -0.2) is 44.4 Å². The van der Waals surface area contributed by atoms with Crippen LogP contribution < -0.4 is 0 Å². The molecule has 1 amide bonds. The van der Waals surface area contributed by atoms with Crippen molar-refractivity contribution in [1.29, 1.82) is 0 Å². The van der Waals surface area contributed by atoms with Gasteiger partial charge in [-0.3, -0.25) is 9.48 Å². The SMILES string of the molecule is C[C@@H]1CN(C(=O)c2cc(C(F)(F)F)n(C)n2)CC[C@]1(C)O. The van der Waals surface area contributed by atoms with Gasteiger partial charge in [-0.2, -0.15) is 18.3 Å². The van der Waals surface area contributed by atoms with Crippen molar-refractivity contribution in [3.63, 3.8) is 0 Å². The van der Waals surface area contributed by atoms with E-state index in [9.17, 15) is 23.1 Å². The number of nitrogens with zero attached hydrogens (tertiary/aromatic N) is 3. The van der Waals surface area contributed by atoms with Gasteiger partial charge in [0.25, 0.3) is 5.91 Å². The molecule has 0 unspecified atom stereocenters. The number of aliphatic hydroxyl groups is 1. The summed E-state index contributed by atoms with van der Waals surface area (Å²) in [6, 6.07) is 0.764. The number of hydrogen-bond donors (Lipinski definition) is 1. The molecule has 0 spiro atoms. The molecule has 1 fully saturated rings. The van der Waals surface area contributed by atoms with Gasteiger partial charge in [0.1, 0.15) is 5.69 Å². The number of halogens is 3. The van der Waals surface area contributed by atoms with Gasteiger partial charge in [0.05, 0.1) is 5.60 Å². The summed E-state index contributed by atoms with van der Waals surface area (Å²) in [6.45, 7) is 4.10. The Kier molecular flexibility index (Phi) is 3.77. The monoisotopic (exact) mass is 305 g/mol. The maximum absolute atomic E-state index is 12.7. The highest BCUT2D eigenvalue weighted by atomic mass is 19.4. The van der Waals surface area contributed by atoms with Gasteiger partial charge in [-0.25, -0.2) is 0 Å². The predicted molar refractivity (Wildman–Crippen MR) is 68.5 cm³/mol. The number of carbonyl (C=O) groups excluding carboxylic acids is 1. The smallest absolute Gasteiger partial charge is 0.390 e. The van der Waals surface area contributed by atoms with Gasteiger partial charge in [0.15, 0.2) is 5.69 Å². The van der Waals surface area contributed by atoms with Gasteiger partial charge < -0.3 is 10.0 Å². The number of aryl methyl sites for hydroxylation is 1. The third-order valence-corrected chi connectivity index (χ3v) is 4.12. The molecule has 1 N–H and O–H groups in total. The average Bonchev–Trinajstić information content (AvgIpc) is 2.74. The summed E-state index contributed by atoms with van der Waals surface area (Å²) in [7, 11) is 1.16. The second-order valence-corrected chi connectivity index (χ2v) is 5.80. The van der Waals surface area contributed by atoms with Gasteiger partial charge in [-0.05, 0) is 13.3 Å². The first-order valence-electron chi connectivity index (χ1n) is 6.65. The Morgan fingerprint density at radius 1 is 1.52 bits per heavy atom. The van der Waals surface area contributed by atoms with Crippen LogP contribution >= 0.6 is 0 Å². The normalized spacial score (nSPS) is 27.0. The predicted octanol–water partition coefficient (Wildman–Crippen LogP) is 1.67. The highest BCUT2D eigenvalue weighted by molar-refractivity contribution is 5.92. The lowest BCUT2D eigenvalue weighted by atomic mass is 9.84. The Morgan fingerprint density at radius 3 is 2.62 bits per heavy atom. The van der Waals surface area contributed by atoms with E-state index in [2.05, 4.69) is 5.10 Å². The zero-order valence-electron chi connectivity index (χ0n) is 12.1. The second-order valence-electron chi connectivity index (χ2n) is 5.80. The molecule has 8 heteroatoms. The Hall–Kier alpha value is -1.57. The first-order chi connectivity index (χ1) is 9.52. The lowest BCUT2D eigenvalue weighted by molar-refractivity contribution is -0.143. The summed E-state index contributed by atoms with van der Waals surface area (Å²) in [5, 5.41) is 13.7. The standard InChI is InChI=1S/C13H18F3N3O2/c1-8-7-19(5-4-12(8,2)21)11(20)9-6-10(13(14,15)16)18(3)17-9/h6,8,21H,4-5,7H2,1-3H3/t8-,12+/m1/s1. The van der Waals surface area contributed by atoms with Crippen LogP contribution in [0.15, 0.2) is 6.07 Å². The minimum atomic E-state index is -4.54. The highest BCUT2D eigenvalue weighted by Crippen LogP contribution is 2.31. The molecule has 0 radical (unpaired) electrons. The molecule has 2 rings (SSSR count). The molecule has 0 aromatic carbocycles. The Bertz CT molecular complexity index is 551. The molecule has 1 aromatic heterocycles. The van der Waals surface area contributed by atoms with Gasteiger partial charge in [-0.15, -0.1) is 0 Å². The van der Waals surface area contributed by atoms with Crippen molar-refractivity contribution >= 4 is 5.91 Å². The molecule has 0 bridgehead atoms. The summed E-state index contributed by atoms with van der Waals surface area (Å²) in [5.41, 5.74) is -2.04. The van der Waals surface area contributed by atoms with E-state index < -0.39 is 23.4 Å². The summed E-state index contributed by atoms with van der Waals surface area (Å²) >= 11 is 0. The van der Waals surface area contributed by atoms with Crippen LogP contribution in [0.4, 0.5) is 13.2 Å². The van der Waals surface area contributed by atoms with E-state index in [-0.39, 0.29) is 11.6 Å². The fourth-order valence-electron chi connectivity index (χ4n) is 2.41. The van der Waals surface area contributed by atoms with E-state index in [0.29, 0.717) is 24.2 Å². The van der Waals surface area contributed by atoms with Crippen molar-refractivity contribution in [2.24, 2.45) is 13.0 Å². The molecule has 1 saturated heterocycles. The van der Waals surface area contributed by atoms with E-state index in [0.717, 1.165) is 13.1 Å². The fourth-order valence-corrected chi connectivity index (χ4v) is 2.41. The minimum Gasteiger partial charge on any atom is -0.390 e. The number of alkyl halides is 3. The van der Waals surface area contributed by atoms with Gasteiger partial charge in [-0.1, -0.05) is 6.92 Å². The topological polar surface area (TPSA) is 58.4 Å². The number of piperidine rings is 1. The Labute approximate surface area is 120 Å². The first kappa shape index (κ1) is 15.8. The molecule has 1 aliphatic heterocycles. The molecular formula is C13H18F3N3O2. The number of hydrogen-bond acceptors (Lipinski definition) is 3. The third-order valence-electron chi connectivity index (χ3n) is 4.12. The number of carbonyl (C=O) groups is 1. The van der Waals surface area contributed by atoms with Crippen LogP contribution in [0.25, 0.3) is 0 Å². The lowest BCUT2D eigenvalue weighted by Gasteiger charge is -2.40. The molecule has 0 saturated carbocycles. The van der Waals surface area contributed by atoms with Crippen LogP contribution in [0.1, 0.15) is 36.5 Å². The van der Waals surface area contributed by atoms with E-state index in [1.54, 1.807) is 13.8 Å². The summed E-state index contributed by atoms with van der Waals surface area (Å²) in [6.07, 6.45) is -4.15. The van der Waals surface area contributed by atoms with E-state index in [1.807, 2.05) is 0 Å². The van der Waals surface area contributed by atoms with Crippen LogP contribution in [-0.2, 0) is 13.2 Å². The van der Waals surface area contributed by atoms with E-state index in [1.165, 1.54) is 4.90 Å². The van der Waals surface area contributed by atoms with Crippen LogP contribution in [0, 0.1) is 5.92 Å². The third kappa shape index (κ3) is 3.04. The molecule has 1 aromatic rings. The number of rotatable bonds is 1. The number of aromatic nitrogens is 2. The maximum Gasteiger partial charge on any atom is 0.433 e. The highest BCUT2D eigenvalue weighted by Gasteiger charge is 2.39. The van der Waals surface area contributed by atoms with Gasteiger partial charge >= 0.3 is 6.18 Å². The first-order valence-corrected chi connectivity index (χ1v) is 6.65. The van der Waals surface area contributed by atoms with Crippen LogP contribution in [0.5, 0.6) is 0 Å². The van der Waals surface area contributed by atoms with Crippen molar-refractivity contribution in [1.82, 2.24) is 14.7 Å². The van der Waals surface area contributed by atoms with Crippen molar-refractivity contribution in [2.45, 2.75) is 32.0 Å². The molecule has 2 heterocycles. The summed E-state index contributed by atoms with van der Waals surface area (Å²) < 4.78 is 38.8. The molecule has 0 aliphatic carbocycles. The van der Waals surface area contributed by atoms with Gasteiger partial charge in [0, 0.05) is 32.1 Å². The zero-order valence-corrected chi connectivity index (χ0v) is 12.1. The van der Waals surface area contributed by atoms with Crippen LogP contribution in [0.2, 0.25) is 0 Å². The molecule has 2 atom stereocenters. The molecule has 5 nitrogen and oxygen atoms in total. The zero-order chi connectivity index (χ0) is 16.0. The van der Waals surface area contributed by atoms with E-state index >= 15 is 0 Å².